The monoisotopic (exact) mass is 404 g/mol. The van der Waals surface area contributed by atoms with Crippen LogP contribution in [0.1, 0.15) is 41.5 Å². The summed E-state index contributed by atoms with van der Waals surface area (Å²) in [4.78, 5) is 0. The molecule has 0 aliphatic carbocycles. The lowest BCUT2D eigenvalue weighted by Gasteiger charge is -2.43. The van der Waals surface area contributed by atoms with Gasteiger partial charge in [-0.2, -0.15) is 0 Å². The molecule has 0 aromatic rings. The summed E-state index contributed by atoms with van der Waals surface area (Å²) in [5.74, 6) is 0. The van der Waals surface area contributed by atoms with Gasteiger partial charge in [0.25, 0.3) is 0 Å². The fourth-order valence-electron chi connectivity index (χ4n) is 2.68. The smallest absolute Gasteiger partial charge is 0.192 e. The molecule has 0 unspecified atom stereocenters. The second kappa shape index (κ2) is 7.24. The van der Waals surface area contributed by atoms with Gasteiger partial charge in [-0.1, -0.05) is 41.5 Å². The van der Waals surface area contributed by atoms with Crippen LogP contribution >= 0.6 is 0 Å². The highest BCUT2D eigenvalue weighted by molar-refractivity contribution is 6.74. The third-order valence-corrected chi connectivity index (χ3v) is 15.6. The van der Waals surface area contributed by atoms with E-state index in [2.05, 4.69) is 67.7 Å². The lowest BCUT2D eigenvalue weighted by Crippen LogP contribution is -2.54. The SMILES string of the molecule is CO[C@@H]1O[C@@H]([C@@H]2CO2)[C@H](O[Si](C)(C)C(C)(C)C)[C@H]1O[Si](C)(C)C(C)(C)C. The molecule has 26 heavy (non-hydrogen) atoms. The third-order valence-electron chi connectivity index (χ3n) is 6.64. The van der Waals surface area contributed by atoms with Crippen molar-refractivity contribution in [3.8, 4) is 0 Å². The second-order valence-corrected chi connectivity index (χ2v) is 20.3. The largest absolute Gasteiger partial charge is 0.408 e. The third kappa shape index (κ3) is 4.62. The van der Waals surface area contributed by atoms with Crippen LogP contribution in [-0.4, -0.2) is 61.1 Å². The van der Waals surface area contributed by atoms with E-state index in [9.17, 15) is 0 Å². The molecular formula is C19H40O5Si2. The first-order valence-electron chi connectivity index (χ1n) is 9.76. The van der Waals surface area contributed by atoms with Gasteiger partial charge in [0, 0.05) is 7.11 Å². The fraction of sp³-hybridized carbons (Fsp3) is 1.00. The topological polar surface area (TPSA) is 49.5 Å². The molecule has 0 aromatic carbocycles. The van der Waals surface area contributed by atoms with Gasteiger partial charge in [-0.05, 0) is 36.3 Å². The molecule has 0 aromatic heterocycles. The average Bonchev–Trinajstić information content (AvgIpc) is 3.22. The summed E-state index contributed by atoms with van der Waals surface area (Å²) >= 11 is 0. The predicted octanol–water partition coefficient (Wildman–Crippen LogP) is 4.54. The molecule has 2 aliphatic rings. The van der Waals surface area contributed by atoms with Crippen molar-refractivity contribution in [2.75, 3.05) is 13.7 Å². The van der Waals surface area contributed by atoms with E-state index in [-0.39, 0.29) is 34.5 Å². The van der Waals surface area contributed by atoms with Crippen molar-refractivity contribution in [2.24, 2.45) is 0 Å². The van der Waals surface area contributed by atoms with Gasteiger partial charge in [0.15, 0.2) is 22.9 Å². The zero-order valence-corrected chi connectivity index (χ0v) is 20.6. The van der Waals surface area contributed by atoms with E-state index in [0.717, 1.165) is 6.61 Å². The number of epoxide rings is 1. The Kier molecular flexibility index (Phi) is 6.27. The van der Waals surface area contributed by atoms with Gasteiger partial charge in [0.2, 0.25) is 0 Å². The molecule has 0 saturated carbocycles. The molecule has 7 heteroatoms. The maximum absolute atomic E-state index is 6.83. The Morgan fingerprint density at radius 2 is 1.23 bits per heavy atom. The minimum atomic E-state index is -2.00. The number of rotatable bonds is 6. The summed E-state index contributed by atoms with van der Waals surface area (Å²) in [6.45, 7) is 23.4. The van der Waals surface area contributed by atoms with Crippen LogP contribution in [-0.2, 0) is 23.1 Å². The van der Waals surface area contributed by atoms with E-state index in [4.69, 9.17) is 23.1 Å². The van der Waals surface area contributed by atoms with Crippen LogP contribution in [0.25, 0.3) is 0 Å². The molecule has 5 atom stereocenters. The van der Waals surface area contributed by atoms with Crippen molar-refractivity contribution in [3.05, 3.63) is 0 Å². The molecule has 2 rings (SSSR count). The summed E-state index contributed by atoms with van der Waals surface area (Å²) in [6, 6.07) is 0. The Labute approximate surface area is 162 Å². The average molecular weight is 405 g/mol. The van der Waals surface area contributed by atoms with Gasteiger partial charge >= 0.3 is 0 Å². The standard InChI is InChI=1S/C19H40O5Si2/c1-18(2,3)25(8,9)23-15-14(13-12-21-13)22-17(20-7)16(15)24-26(10,11)19(4,5)6/h13-17H,12H2,1-11H3/t13-,14-,15-,16+,17+/m0/s1. The van der Waals surface area contributed by atoms with Crippen LogP contribution in [0.5, 0.6) is 0 Å². The number of hydrogen-bond acceptors (Lipinski definition) is 5. The molecule has 2 heterocycles. The Morgan fingerprint density at radius 3 is 1.58 bits per heavy atom. The van der Waals surface area contributed by atoms with Crippen LogP contribution in [0.3, 0.4) is 0 Å². The van der Waals surface area contributed by atoms with Crippen molar-refractivity contribution < 1.29 is 23.1 Å². The van der Waals surface area contributed by atoms with Crippen LogP contribution in [0, 0.1) is 0 Å². The molecule has 2 aliphatic heterocycles. The van der Waals surface area contributed by atoms with E-state index in [1.807, 2.05) is 0 Å². The number of methoxy groups -OCH3 is 1. The van der Waals surface area contributed by atoms with E-state index < -0.39 is 22.9 Å². The number of hydrogen-bond donors (Lipinski definition) is 0. The maximum atomic E-state index is 6.83. The molecule has 0 radical (unpaired) electrons. The highest BCUT2D eigenvalue weighted by Gasteiger charge is 2.57. The van der Waals surface area contributed by atoms with Crippen molar-refractivity contribution in [1.82, 2.24) is 0 Å². The Hall–Kier alpha value is 0.234. The summed E-state index contributed by atoms with van der Waals surface area (Å²) < 4.78 is 31.1. The molecule has 2 saturated heterocycles. The first-order chi connectivity index (χ1) is 11.6. The van der Waals surface area contributed by atoms with Crippen LogP contribution in [0.4, 0.5) is 0 Å². The van der Waals surface area contributed by atoms with Gasteiger partial charge in [-0.3, -0.25) is 0 Å². The quantitative estimate of drug-likeness (QED) is 0.480. The van der Waals surface area contributed by atoms with Crippen molar-refractivity contribution in [3.63, 3.8) is 0 Å². The van der Waals surface area contributed by atoms with Crippen molar-refractivity contribution >= 4 is 16.6 Å². The van der Waals surface area contributed by atoms with E-state index >= 15 is 0 Å². The summed E-state index contributed by atoms with van der Waals surface area (Å²) in [5, 5.41) is 0.232. The molecular weight excluding hydrogens is 364 g/mol. The Morgan fingerprint density at radius 1 is 0.808 bits per heavy atom. The summed E-state index contributed by atoms with van der Waals surface area (Å²) in [5.41, 5.74) is 0. The molecule has 0 N–H and O–H groups in total. The van der Waals surface area contributed by atoms with Gasteiger partial charge in [-0.25, -0.2) is 0 Å². The highest BCUT2D eigenvalue weighted by atomic mass is 28.4. The Balaban J connectivity index is 2.31. The number of ether oxygens (including phenoxy) is 3. The second-order valence-electron chi connectivity index (χ2n) is 10.8. The van der Waals surface area contributed by atoms with E-state index in [0.29, 0.717) is 0 Å². The first-order valence-corrected chi connectivity index (χ1v) is 15.6. The van der Waals surface area contributed by atoms with Crippen LogP contribution in [0.2, 0.25) is 36.3 Å². The molecule has 2 fully saturated rings. The van der Waals surface area contributed by atoms with Gasteiger partial charge in [0.05, 0.1) is 6.61 Å². The van der Waals surface area contributed by atoms with Crippen molar-refractivity contribution in [2.45, 2.75) is 109 Å². The molecule has 0 spiro atoms. The maximum Gasteiger partial charge on any atom is 0.192 e. The highest BCUT2D eigenvalue weighted by Crippen LogP contribution is 2.45. The van der Waals surface area contributed by atoms with Crippen molar-refractivity contribution in [1.29, 1.82) is 0 Å². The normalized spacial score (nSPS) is 33.6. The van der Waals surface area contributed by atoms with Gasteiger partial charge < -0.3 is 23.1 Å². The van der Waals surface area contributed by atoms with E-state index in [1.165, 1.54) is 0 Å². The molecule has 0 bridgehead atoms. The zero-order valence-electron chi connectivity index (χ0n) is 18.6. The fourth-order valence-corrected chi connectivity index (χ4v) is 5.26. The zero-order chi connectivity index (χ0) is 20.1. The first kappa shape index (κ1) is 22.5. The lowest BCUT2D eigenvalue weighted by atomic mass is 10.1. The van der Waals surface area contributed by atoms with Gasteiger partial charge in [-0.15, -0.1) is 0 Å². The van der Waals surface area contributed by atoms with Crippen LogP contribution < -0.4 is 0 Å². The minimum Gasteiger partial charge on any atom is -0.408 e. The minimum absolute atomic E-state index is 0.0930. The van der Waals surface area contributed by atoms with Gasteiger partial charge in [0.1, 0.15) is 24.4 Å². The Bertz CT molecular complexity index is 491. The lowest BCUT2D eigenvalue weighted by molar-refractivity contribution is -0.148. The summed E-state index contributed by atoms with van der Waals surface area (Å²) in [7, 11) is -2.30. The molecule has 5 nitrogen and oxygen atoms in total. The molecule has 0 amide bonds. The molecule has 154 valence electrons. The van der Waals surface area contributed by atoms with Crippen LogP contribution in [0.15, 0.2) is 0 Å². The van der Waals surface area contributed by atoms with E-state index in [1.54, 1.807) is 7.11 Å². The summed E-state index contributed by atoms with van der Waals surface area (Å²) in [6.07, 6.45) is -0.806. The predicted molar refractivity (Wildman–Crippen MR) is 110 cm³/mol.